The minimum absolute atomic E-state index is 0.140. The van der Waals surface area contributed by atoms with Crippen LogP contribution in [0.5, 0.6) is 5.75 Å². The maximum Gasteiger partial charge on any atom is 0.321 e. The second-order valence-electron chi connectivity index (χ2n) is 7.65. The topological polar surface area (TPSA) is 83.7 Å². The van der Waals surface area contributed by atoms with Gasteiger partial charge in [0.05, 0.1) is 18.9 Å². The number of methoxy groups -OCH3 is 1. The van der Waals surface area contributed by atoms with Gasteiger partial charge in [-0.25, -0.2) is 14.8 Å². The molecule has 1 fully saturated rings. The van der Waals surface area contributed by atoms with Crippen molar-refractivity contribution in [3.8, 4) is 17.3 Å². The average molecular weight is 464 g/mol. The molecule has 0 aliphatic carbocycles. The molecular formula is C24H22ClN5O3. The Labute approximate surface area is 195 Å². The van der Waals surface area contributed by atoms with Crippen molar-refractivity contribution in [2.24, 2.45) is 0 Å². The first kappa shape index (κ1) is 21.1. The molecule has 0 atom stereocenters. The summed E-state index contributed by atoms with van der Waals surface area (Å²) in [6, 6.07) is 16.4. The highest BCUT2D eigenvalue weighted by atomic mass is 35.5. The molecule has 5 rings (SSSR count). The number of ether oxygens (including phenoxy) is 1. The number of furan rings is 1. The van der Waals surface area contributed by atoms with Crippen molar-refractivity contribution < 1.29 is 13.9 Å². The number of carbonyl (C=O) groups excluding carboxylic acids is 1. The zero-order valence-electron chi connectivity index (χ0n) is 18.0. The van der Waals surface area contributed by atoms with Gasteiger partial charge >= 0.3 is 6.03 Å². The fourth-order valence-corrected chi connectivity index (χ4v) is 4.03. The van der Waals surface area contributed by atoms with Gasteiger partial charge in [-0.15, -0.1) is 0 Å². The number of hydrogen-bond acceptors (Lipinski definition) is 6. The molecule has 8 nitrogen and oxygen atoms in total. The van der Waals surface area contributed by atoms with Crippen molar-refractivity contribution in [1.82, 2.24) is 14.9 Å². The fourth-order valence-electron chi connectivity index (χ4n) is 3.87. The van der Waals surface area contributed by atoms with Crippen molar-refractivity contribution in [3.63, 3.8) is 0 Å². The normalized spacial score (nSPS) is 13.9. The van der Waals surface area contributed by atoms with Crippen molar-refractivity contribution >= 4 is 40.0 Å². The van der Waals surface area contributed by atoms with E-state index in [1.165, 1.54) is 0 Å². The molecule has 0 radical (unpaired) electrons. The van der Waals surface area contributed by atoms with Gasteiger partial charge in [-0.3, -0.25) is 0 Å². The number of halogens is 1. The van der Waals surface area contributed by atoms with E-state index in [0.717, 1.165) is 16.7 Å². The molecule has 0 unspecified atom stereocenters. The van der Waals surface area contributed by atoms with E-state index >= 15 is 0 Å². The summed E-state index contributed by atoms with van der Waals surface area (Å²) in [7, 11) is 1.60. The number of fused-ring (bicyclic) bond motifs is 1. The number of amides is 2. The molecule has 2 aromatic carbocycles. The molecule has 9 heteroatoms. The second kappa shape index (κ2) is 8.99. The first-order valence-electron chi connectivity index (χ1n) is 10.6. The lowest BCUT2D eigenvalue weighted by molar-refractivity contribution is 0.208. The maximum atomic E-state index is 12.8. The third-order valence-electron chi connectivity index (χ3n) is 5.57. The van der Waals surface area contributed by atoms with Gasteiger partial charge in [0.15, 0.2) is 11.6 Å². The molecule has 168 valence electrons. The van der Waals surface area contributed by atoms with E-state index < -0.39 is 0 Å². The third kappa shape index (κ3) is 4.42. The molecule has 33 heavy (non-hydrogen) atoms. The number of carbonyl (C=O) groups is 1. The Kier molecular flexibility index (Phi) is 5.75. The summed E-state index contributed by atoms with van der Waals surface area (Å²) >= 11 is 6.22. The molecule has 0 bridgehead atoms. The minimum atomic E-state index is -0.140. The van der Waals surface area contributed by atoms with Crippen LogP contribution < -0.4 is 15.0 Å². The van der Waals surface area contributed by atoms with Crippen LogP contribution >= 0.6 is 11.6 Å². The van der Waals surface area contributed by atoms with Crippen molar-refractivity contribution in [2.75, 3.05) is 43.5 Å². The van der Waals surface area contributed by atoms with Gasteiger partial charge in [-0.1, -0.05) is 17.7 Å². The van der Waals surface area contributed by atoms with Gasteiger partial charge < -0.3 is 24.3 Å². The van der Waals surface area contributed by atoms with E-state index in [2.05, 4.69) is 15.2 Å². The predicted octanol–water partition coefficient (Wildman–Crippen LogP) is 4.91. The van der Waals surface area contributed by atoms with Crippen LogP contribution in [0.25, 0.3) is 22.5 Å². The summed E-state index contributed by atoms with van der Waals surface area (Å²) < 4.78 is 10.7. The number of aromatic nitrogens is 2. The van der Waals surface area contributed by atoms with E-state index in [0.29, 0.717) is 54.2 Å². The summed E-state index contributed by atoms with van der Waals surface area (Å²) in [4.78, 5) is 26.2. The molecule has 4 aromatic rings. The van der Waals surface area contributed by atoms with Crippen molar-refractivity contribution in [1.29, 1.82) is 0 Å². The summed E-state index contributed by atoms with van der Waals surface area (Å²) in [5.74, 6) is 2.59. The van der Waals surface area contributed by atoms with Crippen LogP contribution in [0.15, 0.2) is 65.3 Å². The van der Waals surface area contributed by atoms with Gasteiger partial charge in [-0.05, 0) is 42.5 Å². The third-order valence-corrected chi connectivity index (χ3v) is 5.80. The highest BCUT2D eigenvalue weighted by molar-refractivity contribution is 6.31. The Morgan fingerprint density at radius 1 is 1.06 bits per heavy atom. The largest absolute Gasteiger partial charge is 0.497 e. The molecule has 0 saturated carbocycles. The quantitative estimate of drug-likeness (QED) is 0.463. The van der Waals surface area contributed by atoms with Gasteiger partial charge in [-0.2, -0.15) is 0 Å². The number of rotatable bonds is 4. The number of hydrogen-bond donors (Lipinski definition) is 1. The van der Waals surface area contributed by atoms with Crippen molar-refractivity contribution in [2.45, 2.75) is 0 Å². The van der Waals surface area contributed by atoms with Gasteiger partial charge in [0.1, 0.15) is 11.6 Å². The Morgan fingerprint density at radius 2 is 1.91 bits per heavy atom. The molecule has 1 saturated heterocycles. The predicted molar refractivity (Wildman–Crippen MR) is 128 cm³/mol. The van der Waals surface area contributed by atoms with Crippen molar-refractivity contribution in [3.05, 3.63) is 65.9 Å². The summed E-state index contributed by atoms with van der Waals surface area (Å²) in [5, 5.41) is 4.45. The van der Waals surface area contributed by atoms with Gasteiger partial charge in [0.2, 0.25) is 0 Å². The Hall–Kier alpha value is -3.78. The molecule has 3 heterocycles. The SMILES string of the molecule is COc1cccc(NC(=O)N2CCN(c3nc(-c4ccco4)nc4cc(Cl)ccc34)CC2)c1. The fraction of sp³-hybridized carbons (Fsp3) is 0.208. The van der Waals surface area contributed by atoms with Crippen LogP contribution in [-0.2, 0) is 0 Å². The summed E-state index contributed by atoms with van der Waals surface area (Å²) in [6.07, 6.45) is 1.60. The smallest absolute Gasteiger partial charge is 0.321 e. The molecule has 1 aliphatic heterocycles. The zero-order valence-corrected chi connectivity index (χ0v) is 18.7. The van der Waals surface area contributed by atoms with E-state index in [-0.39, 0.29) is 6.03 Å². The monoisotopic (exact) mass is 463 g/mol. The van der Waals surface area contributed by atoms with Gasteiger partial charge in [0, 0.05) is 48.3 Å². The number of benzene rings is 2. The zero-order chi connectivity index (χ0) is 22.8. The van der Waals surface area contributed by atoms with Crippen LogP contribution in [0.1, 0.15) is 0 Å². The molecule has 1 N–H and O–H groups in total. The van der Waals surface area contributed by atoms with E-state index in [1.54, 1.807) is 30.4 Å². The summed E-state index contributed by atoms with van der Waals surface area (Å²) in [6.45, 7) is 2.39. The molecule has 2 amide bonds. The van der Waals surface area contributed by atoms with E-state index in [1.807, 2.05) is 42.5 Å². The number of nitrogens with one attached hydrogen (secondary N) is 1. The number of urea groups is 1. The lowest BCUT2D eigenvalue weighted by atomic mass is 10.2. The Morgan fingerprint density at radius 3 is 2.67 bits per heavy atom. The van der Waals surface area contributed by atoms with E-state index in [9.17, 15) is 4.79 Å². The molecule has 0 spiro atoms. The lowest BCUT2D eigenvalue weighted by Crippen LogP contribution is -2.50. The second-order valence-corrected chi connectivity index (χ2v) is 8.08. The van der Waals surface area contributed by atoms with Crippen LogP contribution in [0.3, 0.4) is 0 Å². The van der Waals surface area contributed by atoms with E-state index in [4.69, 9.17) is 25.7 Å². The Balaban J connectivity index is 1.35. The maximum absolute atomic E-state index is 12.8. The molecule has 1 aliphatic rings. The van der Waals surface area contributed by atoms with Crippen LogP contribution in [0, 0.1) is 0 Å². The van der Waals surface area contributed by atoms with Crippen LogP contribution in [-0.4, -0.2) is 54.2 Å². The highest BCUT2D eigenvalue weighted by Crippen LogP contribution is 2.30. The van der Waals surface area contributed by atoms with Crippen LogP contribution in [0.4, 0.5) is 16.3 Å². The Bertz CT molecular complexity index is 1290. The summed E-state index contributed by atoms with van der Waals surface area (Å²) in [5.41, 5.74) is 1.45. The number of anilines is 2. The van der Waals surface area contributed by atoms with Crippen LogP contribution in [0.2, 0.25) is 5.02 Å². The lowest BCUT2D eigenvalue weighted by Gasteiger charge is -2.35. The molecule has 2 aromatic heterocycles. The van der Waals surface area contributed by atoms with Gasteiger partial charge in [0.25, 0.3) is 0 Å². The molecular weight excluding hydrogens is 442 g/mol. The minimum Gasteiger partial charge on any atom is -0.497 e. The average Bonchev–Trinajstić information content (AvgIpc) is 3.38. The highest BCUT2D eigenvalue weighted by Gasteiger charge is 2.24. The number of nitrogens with zero attached hydrogens (tertiary/aromatic N) is 4. The first-order chi connectivity index (χ1) is 16.1. The first-order valence-corrected chi connectivity index (χ1v) is 10.9. The number of piperazine rings is 1. The standard InChI is InChI=1S/C24H22ClN5O3/c1-32-18-5-2-4-17(15-18)26-24(31)30-11-9-29(10-12-30)23-19-8-7-16(25)14-20(19)27-22(28-23)21-6-3-13-33-21/h2-8,13-15H,9-12H2,1H3,(H,26,31).